The highest BCUT2D eigenvalue weighted by molar-refractivity contribution is 5.91. The van der Waals surface area contributed by atoms with Crippen LogP contribution in [0, 0.1) is 11.6 Å². The third-order valence-electron chi connectivity index (χ3n) is 4.86. The van der Waals surface area contributed by atoms with Crippen LogP contribution >= 0.6 is 0 Å². The Labute approximate surface area is 184 Å². The zero-order valence-electron chi connectivity index (χ0n) is 17.5. The van der Waals surface area contributed by atoms with Gasteiger partial charge in [-0.1, -0.05) is 6.07 Å². The zero-order chi connectivity index (χ0) is 23.7. The molecule has 10 nitrogen and oxygen atoms in total. The lowest BCUT2D eigenvalue weighted by Crippen LogP contribution is -2.39. The molecule has 1 amide bonds. The van der Waals surface area contributed by atoms with Crippen LogP contribution in [0.5, 0.6) is 5.88 Å². The monoisotopic (exact) mass is 457 g/mol. The van der Waals surface area contributed by atoms with Crippen molar-refractivity contribution in [2.24, 2.45) is 7.05 Å². The van der Waals surface area contributed by atoms with Crippen molar-refractivity contribution in [3.8, 4) is 5.88 Å². The van der Waals surface area contributed by atoms with Gasteiger partial charge in [-0.15, -0.1) is 0 Å². The normalized spacial score (nSPS) is 11.0. The topological polar surface area (TPSA) is 121 Å². The third kappa shape index (κ3) is 4.22. The zero-order valence-corrected chi connectivity index (χ0v) is 17.5. The number of pyridine rings is 1. The molecule has 33 heavy (non-hydrogen) atoms. The fourth-order valence-corrected chi connectivity index (χ4v) is 3.15. The van der Waals surface area contributed by atoms with Crippen molar-refractivity contribution >= 4 is 17.1 Å². The Kier molecular flexibility index (Phi) is 5.73. The van der Waals surface area contributed by atoms with E-state index >= 15 is 0 Å². The van der Waals surface area contributed by atoms with Crippen LogP contribution in [-0.2, 0) is 20.1 Å². The molecule has 0 fully saturated rings. The molecule has 0 unspecified atom stereocenters. The number of carbonyl (C=O) groups excluding carboxylic acids is 1. The molecule has 0 atom stereocenters. The van der Waals surface area contributed by atoms with Crippen LogP contribution in [-0.4, -0.2) is 32.1 Å². The molecule has 4 aromatic rings. The number of benzene rings is 1. The largest absolute Gasteiger partial charge is 0.481 e. The van der Waals surface area contributed by atoms with Crippen molar-refractivity contribution in [3.63, 3.8) is 0 Å². The predicted octanol–water partition coefficient (Wildman–Crippen LogP) is 1.35. The van der Waals surface area contributed by atoms with Gasteiger partial charge in [0.2, 0.25) is 11.6 Å². The minimum absolute atomic E-state index is 0.107. The molecule has 0 saturated heterocycles. The van der Waals surface area contributed by atoms with Gasteiger partial charge < -0.3 is 14.5 Å². The third-order valence-corrected chi connectivity index (χ3v) is 4.86. The van der Waals surface area contributed by atoms with Crippen molar-refractivity contribution in [3.05, 3.63) is 86.0 Å². The van der Waals surface area contributed by atoms with E-state index in [0.29, 0.717) is 11.4 Å². The van der Waals surface area contributed by atoms with Gasteiger partial charge in [-0.2, -0.15) is 4.98 Å². The standard InChI is InChI=1S/C21H17F2N5O5/c1-27-20-16(19(30)28(21(27)31)10-12-3-4-13(22)14(23)7-12)26-18(33-20)17(29)25-9-11-5-6-24-15(8-11)32-2/h3-8H,9-10H2,1-2H3,(H,25,29). The molecular weight excluding hydrogens is 440 g/mol. The highest BCUT2D eigenvalue weighted by Crippen LogP contribution is 2.13. The molecule has 1 aromatic carbocycles. The molecule has 1 N–H and O–H groups in total. The number of hydrogen-bond acceptors (Lipinski definition) is 7. The van der Waals surface area contributed by atoms with E-state index in [1.165, 1.54) is 26.4 Å². The van der Waals surface area contributed by atoms with Crippen molar-refractivity contribution < 1.29 is 22.7 Å². The van der Waals surface area contributed by atoms with Crippen molar-refractivity contribution in [2.75, 3.05) is 7.11 Å². The van der Waals surface area contributed by atoms with Crippen molar-refractivity contribution in [1.82, 2.24) is 24.4 Å². The number of hydrogen-bond donors (Lipinski definition) is 1. The Balaban J connectivity index is 1.64. The van der Waals surface area contributed by atoms with Gasteiger partial charge in [-0.05, 0) is 29.3 Å². The highest BCUT2D eigenvalue weighted by Gasteiger charge is 2.21. The Morgan fingerprint density at radius 1 is 1.15 bits per heavy atom. The average molecular weight is 457 g/mol. The number of ether oxygens (including phenoxy) is 1. The lowest BCUT2D eigenvalue weighted by Gasteiger charge is -2.07. The molecule has 170 valence electrons. The van der Waals surface area contributed by atoms with E-state index in [-0.39, 0.29) is 29.9 Å². The number of aryl methyl sites for hydroxylation is 1. The second kappa shape index (κ2) is 8.65. The van der Waals surface area contributed by atoms with Gasteiger partial charge in [-0.3, -0.25) is 18.7 Å². The number of halogens is 2. The van der Waals surface area contributed by atoms with Gasteiger partial charge in [0, 0.05) is 25.9 Å². The van der Waals surface area contributed by atoms with Crippen LogP contribution < -0.4 is 21.3 Å². The number of methoxy groups -OCH3 is 1. The fourth-order valence-electron chi connectivity index (χ4n) is 3.15. The summed E-state index contributed by atoms with van der Waals surface area (Å²) < 4.78 is 38.9. The molecule has 0 bridgehead atoms. The van der Waals surface area contributed by atoms with Crippen LogP contribution in [0.1, 0.15) is 21.8 Å². The summed E-state index contributed by atoms with van der Waals surface area (Å²) in [5.41, 5.74) is -1.16. The molecular formula is C21H17F2N5O5. The maximum atomic E-state index is 13.5. The van der Waals surface area contributed by atoms with Crippen LogP contribution in [0.3, 0.4) is 0 Å². The Bertz CT molecular complexity index is 1490. The van der Waals surface area contributed by atoms with E-state index in [1.807, 2.05) is 0 Å². The molecule has 12 heteroatoms. The van der Waals surface area contributed by atoms with Gasteiger partial charge in [-0.25, -0.2) is 18.6 Å². The minimum atomic E-state index is -1.11. The van der Waals surface area contributed by atoms with E-state index in [2.05, 4.69) is 15.3 Å². The molecule has 0 radical (unpaired) electrons. The number of fused-ring (bicyclic) bond motifs is 1. The smallest absolute Gasteiger partial charge is 0.333 e. The summed E-state index contributed by atoms with van der Waals surface area (Å²) in [4.78, 5) is 45.9. The van der Waals surface area contributed by atoms with E-state index in [0.717, 1.165) is 21.3 Å². The van der Waals surface area contributed by atoms with E-state index < -0.39 is 34.7 Å². The Hall–Kier alpha value is -4.35. The first-order valence-electron chi connectivity index (χ1n) is 9.60. The minimum Gasteiger partial charge on any atom is -0.481 e. The molecule has 3 heterocycles. The molecule has 0 spiro atoms. The average Bonchev–Trinajstić information content (AvgIpc) is 3.27. The van der Waals surface area contributed by atoms with E-state index in [9.17, 15) is 23.2 Å². The number of nitrogens with one attached hydrogen (secondary N) is 1. The summed E-state index contributed by atoms with van der Waals surface area (Å²) in [5.74, 6) is -2.90. The molecule has 0 aliphatic heterocycles. The Morgan fingerprint density at radius 3 is 2.67 bits per heavy atom. The lowest BCUT2D eigenvalue weighted by atomic mass is 10.2. The maximum absolute atomic E-state index is 13.5. The quantitative estimate of drug-likeness (QED) is 0.464. The van der Waals surface area contributed by atoms with Crippen molar-refractivity contribution in [2.45, 2.75) is 13.1 Å². The van der Waals surface area contributed by atoms with Crippen LogP contribution in [0.4, 0.5) is 8.78 Å². The van der Waals surface area contributed by atoms with Gasteiger partial charge in [0.25, 0.3) is 11.4 Å². The molecule has 0 aliphatic rings. The maximum Gasteiger partial charge on any atom is 0.333 e. The number of aromatic nitrogens is 4. The first-order chi connectivity index (χ1) is 15.8. The number of nitrogens with zero attached hydrogens (tertiary/aromatic N) is 4. The molecule has 3 aromatic heterocycles. The summed E-state index contributed by atoms with van der Waals surface area (Å²) in [6.07, 6.45) is 1.52. The summed E-state index contributed by atoms with van der Waals surface area (Å²) in [6.45, 7) is -0.216. The molecule has 4 rings (SSSR count). The first kappa shape index (κ1) is 21.9. The highest BCUT2D eigenvalue weighted by atomic mass is 19.2. The van der Waals surface area contributed by atoms with Gasteiger partial charge in [0.05, 0.1) is 13.7 Å². The summed E-state index contributed by atoms with van der Waals surface area (Å²) >= 11 is 0. The van der Waals surface area contributed by atoms with E-state index in [1.54, 1.807) is 12.1 Å². The Morgan fingerprint density at radius 2 is 1.94 bits per heavy atom. The van der Waals surface area contributed by atoms with Crippen LogP contribution in [0.15, 0.2) is 50.5 Å². The number of amides is 1. The number of carbonyl (C=O) groups is 1. The van der Waals surface area contributed by atoms with Crippen LogP contribution in [0.2, 0.25) is 0 Å². The van der Waals surface area contributed by atoms with Gasteiger partial charge >= 0.3 is 11.6 Å². The van der Waals surface area contributed by atoms with Crippen LogP contribution in [0.25, 0.3) is 11.2 Å². The van der Waals surface area contributed by atoms with Gasteiger partial charge in [0.1, 0.15) is 0 Å². The summed E-state index contributed by atoms with van der Waals surface area (Å²) in [5, 5.41) is 2.60. The second-order valence-electron chi connectivity index (χ2n) is 7.04. The first-order valence-corrected chi connectivity index (χ1v) is 9.60. The second-order valence-corrected chi connectivity index (χ2v) is 7.04. The van der Waals surface area contributed by atoms with Gasteiger partial charge in [0.15, 0.2) is 17.2 Å². The summed E-state index contributed by atoms with van der Waals surface area (Å²) in [7, 11) is 2.80. The number of oxazole rings is 1. The van der Waals surface area contributed by atoms with Crippen molar-refractivity contribution in [1.29, 1.82) is 0 Å². The van der Waals surface area contributed by atoms with E-state index in [4.69, 9.17) is 9.15 Å². The fraction of sp³-hybridized carbons (Fsp3) is 0.190. The molecule has 0 aliphatic carbocycles. The number of rotatable bonds is 6. The summed E-state index contributed by atoms with van der Waals surface area (Å²) in [6, 6.07) is 6.35. The SMILES string of the molecule is COc1cc(CNC(=O)c2nc3c(=O)n(Cc4ccc(F)c(F)c4)c(=O)n(C)c3o2)ccn1. The molecule has 0 saturated carbocycles. The predicted molar refractivity (Wildman–Crippen MR) is 111 cm³/mol. The lowest BCUT2D eigenvalue weighted by molar-refractivity contribution is 0.0918.